The number of hydrogen-bond donors (Lipinski definition) is 1. The first-order valence-corrected chi connectivity index (χ1v) is 10.7. The van der Waals surface area contributed by atoms with Gasteiger partial charge in [-0.3, -0.25) is 9.10 Å². The molecule has 0 radical (unpaired) electrons. The highest BCUT2D eigenvalue weighted by Crippen LogP contribution is 2.23. The van der Waals surface area contributed by atoms with E-state index in [0.717, 1.165) is 22.4 Å². The lowest BCUT2D eigenvalue weighted by Gasteiger charge is -2.20. The van der Waals surface area contributed by atoms with E-state index in [1.165, 1.54) is 11.4 Å². The van der Waals surface area contributed by atoms with Gasteiger partial charge in [-0.15, -0.1) is 0 Å². The van der Waals surface area contributed by atoms with Crippen LogP contribution in [0.2, 0.25) is 0 Å². The van der Waals surface area contributed by atoms with E-state index in [2.05, 4.69) is 5.32 Å². The Morgan fingerprint density at radius 2 is 1.45 bits per heavy atom. The number of rotatable bonds is 5. The molecule has 0 heterocycles. The molecule has 29 heavy (non-hydrogen) atoms. The number of benzene rings is 3. The molecule has 5 nitrogen and oxygen atoms in total. The van der Waals surface area contributed by atoms with Crippen LogP contribution in [0.1, 0.15) is 27.0 Å². The molecule has 0 saturated carbocycles. The van der Waals surface area contributed by atoms with Gasteiger partial charge in [0, 0.05) is 18.3 Å². The van der Waals surface area contributed by atoms with Gasteiger partial charge < -0.3 is 5.32 Å². The lowest BCUT2D eigenvalue weighted by atomic mass is 10.1. The Morgan fingerprint density at radius 1 is 0.828 bits per heavy atom. The number of carbonyl (C=O) groups excluding carboxylic acids is 1. The van der Waals surface area contributed by atoms with Gasteiger partial charge in [0.1, 0.15) is 0 Å². The van der Waals surface area contributed by atoms with E-state index in [9.17, 15) is 13.2 Å². The average Bonchev–Trinajstić information content (AvgIpc) is 2.70. The van der Waals surface area contributed by atoms with Gasteiger partial charge in [0.2, 0.25) is 0 Å². The van der Waals surface area contributed by atoms with Crippen LogP contribution in [0.3, 0.4) is 0 Å². The molecule has 0 spiro atoms. The van der Waals surface area contributed by atoms with Crippen LogP contribution in [-0.2, 0) is 10.0 Å². The Bertz CT molecular complexity index is 1140. The Labute approximate surface area is 172 Å². The number of carbonyl (C=O) groups is 1. The maximum atomic E-state index is 12.8. The molecule has 0 bridgehead atoms. The summed E-state index contributed by atoms with van der Waals surface area (Å²) in [6, 6.07) is 18.9. The Kier molecular flexibility index (Phi) is 5.75. The molecule has 0 fully saturated rings. The van der Waals surface area contributed by atoms with Gasteiger partial charge in [0.05, 0.1) is 10.6 Å². The number of nitrogens with one attached hydrogen (secondary N) is 1. The van der Waals surface area contributed by atoms with Gasteiger partial charge in [-0.25, -0.2) is 8.42 Å². The Morgan fingerprint density at radius 3 is 2.03 bits per heavy atom. The predicted molar refractivity (Wildman–Crippen MR) is 117 cm³/mol. The monoisotopic (exact) mass is 408 g/mol. The van der Waals surface area contributed by atoms with Crippen LogP contribution in [0.4, 0.5) is 11.4 Å². The second-order valence-corrected chi connectivity index (χ2v) is 9.05. The molecular weight excluding hydrogens is 384 g/mol. The van der Waals surface area contributed by atoms with Crippen molar-refractivity contribution in [1.82, 2.24) is 0 Å². The highest BCUT2D eigenvalue weighted by molar-refractivity contribution is 7.92. The van der Waals surface area contributed by atoms with Gasteiger partial charge in [-0.2, -0.15) is 0 Å². The van der Waals surface area contributed by atoms with Crippen LogP contribution in [0.5, 0.6) is 0 Å². The van der Waals surface area contributed by atoms with E-state index in [-0.39, 0.29) is 10.8 Å². The van der Waals surface area contributed by atoms with E-state index >= 15 is 0 Å². The van der Waals surface area contributed by atoms with Gasteiger partial charge >= 0.3 is 0 Å². The van der Waals surface area contributed by atoms with Crippen molar-refractivity contribution >= 4 is 27.3 Å². The Balaban J connectivity index is 1.77. The number of anilines is 2. The number of hydrogen-bond acceptors (Lipinski definition) is 3. The smallest absolute Gasteiger partial charge is 0.264 e. The summed E-state index contributed by atoms with van der Waals surface area (Å²) in [4.78, 5) is 12.7. The molecule has 0 aliphatic carbocycles. The van der Waals surface area contributed by atoms with Gasteiger partial charge in [0.25, 0.3) is 15.9 Å². The summed E-state index contributed by atoms with van der Waals surface area (Å²) in [5.74, 6) is -0.246. The van der Waals surface area contributed by atoms with Gasteiger partial charge in [-0.05, 0) is 80.4 Å². The van der Waals surface area contributed by atoms with E-state index in [0.29, 0.717) is 11.3 Å². The molecule has 0 saturated heterocycles. The molecule has 0 unspecified atom stereocenters. The van der Waals surface area contributed by atoms with Crippen molar-refractivity contribution in [3.05, 3.63) is 89.0 Å². The van der Waals surface area contributed by atoms with Crippen LogP contribution in [0, 0.1) is 20.8 Å². The number of amides is 1. The SMILES string of the molecule is Cc1ccc(S(=O)(=O)N(C)c2ccc(C(=O)Nc3ccc(C)c(C)c3)cc2)cc1. The van der Waals surface area contributed by atoms with Crippen molar-refractivity contribution in [2.75, 3.05) is 16.7 Å². The summed E-state index contributed by atoms with van der Waals surface area (Å²) in [6.45, 7) is 5.91. The molecule has 150 valence electrons. The first-order chi connectivity index (χ1) is 13.7. The fourth-order valence-electron chi connectivity index (χ4n) is 2.85. The highest BCUT2D eigenvalue weighted by atomic mass is 32.2. The topological polar surface area (TPSA) is 66.5 Å². The molecule has 3 rings (SSSR count). The van der Waals surface area contributed by atoms with E-state index in [1.807, 2.05) is 39.0 Å². The lowest BCUT2D eigenvalue weighted by Crippen LogP contribution is -2.26. The first-order valence-electron chi connectivity index (χ1n) is 9.23. The van der Waals surface area contributed by atoms with E-state index in [1.54, 1.807) is 48.5 Å². The summed E-state index contributed by atoms with van der Waals surface area (Å²) in [6.07, 6.45) is 0. The second kappa shape index (κ2) is 8.09. The minimum atomic E-state index is -3.67. The summed E-state index contributed by atoms with van der Waals surface area (Å²) in [5.41, 5.74) is 4.90. The third-order valence-corrected chi connectivity index (χ3v) is 6.74. The molecule has 0 atom stereocenters. The van der Waals surface area contributed by atoms with Crippen molar-refractivity contribution in [3.8, 4) is 0 Å². The van der Waals surface area contributed by atoms with Crippen molar-refractivity contribution in [1.29, 1.82) is 0 Å². The van der Waals surface area contributed by atoms with Crippen LogP contribution >= 0.6 is 0 Å². The molecular formula is C23H24N2O3S. The summed E-state index contributed by atoms with van der Waals surface area (Å²) >= 11 is 0. The average molecular weight is 409 g/mol. The maximum Gasteiger partial charge on any atom is 0.264 e. The number of sulfonamides is 1. The zero-order chi connectivity index (χ0) is 21.2. The number of nitrogens with zero attached hydrogens (tertiary/aromatic N) is 1. The van der Waals surface area contributed by atoms with Crippen molar-refractivity contribution in [2.24, 2.45) is 0 Å². The largest absolute Gasteiger partial charge is 0.322 e. The lowest BCUT2D eigenvalue weighted by molar-refractivity contribution is 0.102. The van der Waals surface area contributed by atoms with Crippen LogP contribution in [0.25, 0.3) is 0 Å². The molecule has 0 aliphatic heterocycles. The highest BCUT2D eigenvalue weighted by Gasteiger charge is 2.21. The van der Waals surface area contributed by atoms with E-state index < -0.39 is 10.0 Å². The fraction of sp³-hybridized carbons (Fsp3) is 0.174. The third kappa shape index (κ3) is 4.49. The van der Waals surface area contributed by atoms with Gasteiger partial charge in [-0.1, -0.05) is 23.8 Å². The van der Waals surface area contributed by atoms with Crippen LogP contribution in [-0.4, -0.2) is 21.4 Å². The zero-order valence-corrected chi connectivity index (χ0v) is 17.7. The molecule has 3 aromatic rings. The molecule has 0 aliphatic rings. The number of aryl methyl sites for hydroxylation is 3. The van der Waals surface area contributed by atoms with E-state index in [4.69, 9.17) is 0 Å². The standard InChI is InChI=1S/C23H24N2O3S/c1-16-5-13-22(14-6-16)29(27,28)25(4)21-11-8-19(9-12-21)23(26)24-20-10-7-17(2)18(3)15-20/h5-15H,1-4H3,(H,24,26). The zero-order valence-electron chi connectivity index (χ0n) is 16.9. The van der Waals surface area contributed by atoms with Crippen molar-refractivity contribution in [2.45, 2.75) is 25.7 Å². The van der Waals surface area contributed by atoms with Gasteiger partial charge in [0.15, 0.2) is 0 Å². The van der Waals surface area contributed by atoms with Crippen molar-refractivity contribution < 1.29 is 13.2 Å². The first kappa shape index (κ1) is 20.6. The predicted octanol–water partition coefficient (Wildman–Crippen LogP) is 4.69. The molecule has 1 N–H and O–H groups in total. The molecule has 1 amide bonds. The van der Waals surface area contributed by atoms with Crippen molar-refractivity contribution in [3.63, 3.8) is 0 Å². The summed E-state index contributed by atoms with van der Waals surface area (Å²) in [7, 11) is -2.17. The normalized spacial score (nSPS) is 11.2. The second-order valence-electron chi connectivity index (χ2n) is 7.09. The molecule has 0 aromatic heterocycles. The minimum absolute atomic E-state index is 0.224. The summed E-state index contributed by atoms with van der Waals surface area (Å²) < 4.78 is 26.8. The third-order valence-electron chi connectivity index (χ3n) is 4.94. The molecule has 3 aromatic carbocycles. The summed E-state index contributed by atoms with van der Waals surface area (Å²) in [5, 5.41) is 2.87. The minimum Gasteiger partial charge on any atom is -0.322 e. The quantitative estimate of drug-likeness (QED) is 0.666. The van der Waals surface area contributed by atoms with Crippen LogP contribution < -0.4 is 9.62 Å². The maximum absolute atomic E-state index is 12.8. The fourth-order valence-corrected chi connectivity index (χ4v) is 4.05. The molecule has 6 heteroatoms. The van der Waals surface area contributed by atoms with Crippen LogP contribution in [0.15, 0.2) is 71.6 Å². The Hall–Kier alpha value is -3.12.